The maximum atomic E-state index is 12.4. The molecule has 2 N–H and O–H groups in total. The SMILES string of the molecule is CC(C)(C)OCC(NC(=O)Nc1c(Cl)cccc1Cl)C(=O)OC(C)(C)C. The van der Waals surface area contributed by atoms with Crippen molar-refractivity contribution in [3.63, 3.8) is 0 Å². The molecule has 6 nitrogen and oxygen atoms in total. The van der Waals surface area contributed by atoms with E-state index in [4.69, 9.17) is 32.7 Å². The molecule has 146 valence electrons. The van der Waals surface area contributed by atoms with Gasteiger partial charge < -0.3 is 20.1 Å². The summed E-state index contributed by atoms with van der Waals surface area (Å²) in [7, 11) is 0. The lowest BCUT2D eigenvalue weighted by molar-refractivity contribution is -0.160. The van der Waals surface area contributed by atoms with Gasteiger partial charge in [0.05, 0.1) is 27.9 Å². The second kappa shape index (κ2) is 8.93. The molecule has 1 aromatic carbocycles. The summed E-state index contributed by atoms with van der Waals surface area (Å²) in [5, 5.41) is 5.66. The molecular formula is C18H26Cl2N2O4. The summed E-state index contributed by atoms with van der Waals surface area (Å²) in [5.74, 6) is -0.595. The lowest BCUT2D eigenvalue weighted by Crippen LogP contribution is -2.49. The highest BCUT2D eigenvalue weighted by Gasteiger charge is 2.29. The van der Waals surface area contributed by atoms with Crippen LogP contribution in [-0.4, -0.2) is 35.9 Å². The first-order valence-electron chi connectivity index (χ1n) is 8.17. The molecule has 0 fully saturated rings. The molecule has 26 heavy (non-hydrogen) atoms. The summed E-state index contributed by atoms with van der Waals surface area (Å²) in [5.41, 5.74) is -0.917. The summed E-state index contributed by atoms with van der Waals surface area (Å²) in [6.45, 7) is 10.7. The second-order valence-corrected chi connectivity index (χ2v) is 8.52. The van der Waals surface area contributed by atoms with Crippen LogP contribution in [0.15, 0.2) is 18.2 Å². The van der Waals surface area contributed by atoms with E-state index in [1.54, 1.807) is 39.0 Å². The molecule has 0 radical (unpaired) electrons. The van der Waals surface area contributed by atoms with Gasteiger partial charge in [0.25, 0.3) is 0 Å². The topological polar surface area (TPSA) is 76.7 Å². The van der Waals surface area contributed by atoms with Crippen LogP contribution in [0.1, 0.15) is 41.5 Å². The number of para-hydroxylation sites is 1. The zero-order chi connectivity index (χ0) is 20.1. The number of urea groups is 1. The summed E-state index contributed by atoms with van der Waals surface area (Å²) >= 11 is 12.1. The van der Waals surface area contributed by atoms with Crippen molar-refractivity contribution in [2.45, 2.75) is 58.8 Å². The van der Waals surface area contributed by atoms with E-state index in [9.17, 15) is 9.59 Å². The molecular weight excluding hydrogens is 379 g/mol. The number of carbonyl (C=O) groups is 2. The molecule has 0 aliphatic heterocycles. The molecule has 0 saturated carbocycles. The molecule has 8 heteroatoms. The van der Waals surface area contributed by atoms with Crippen LogP contribution in [0.3, 0.4) is 0 Å². The van der Waals surface area contributed by atoms with Gasteiger partial charge in [0, 0.05) is 0 Å². The van der Waals surface area contributed by atoms with Crippen LogP contribution >= 0.6 is 23.2 Å². The van der Waals surface area contributed by atoms with E-state index in [1.807, 2.05) is 20.8 Å². The minimum absolute atomic E-state index is 0.0396. The standard InChI is InChI=1S/C18H26Cl2N2O4/c1-17(2,3)25-10-13(15(23)26-18(4,5)6)21-16(24)22-14-11(19)8-7-9-12(14)20/h7-9,13H,10H2,1-6H3,(H2,21,22,24). The lowest BCUT2D eigenvalue weighted by atomic mass is 10.1. The van der Waals surface area contributed by atoms with Crippen molar-refractivity contribution in [3.8, 4) is 0 Å². The van der Waals surface area contributed by atoms with Gasteiger partial charge in [-0.1, -0.05) is 29.3 Å². The van der Waals surface area contributed by atoms with Crippen molar-refractivity contribution in [1.82, 2.24) is 5.32 Å². The third-order valence-electron chi connectivity index (χ3n) is 2.88. The van der Waals surface area contributed by atoms with E-state index in [0.717, 1.165) is 0 Å². The van der Waals surface area contributed by atoms with E-state index in [1.165, 1.54) is 0 Å². The van der Waals surface area contributed by atoms with Gasteiger partial charge in [-0.15, -0.1) is 0 Å². The Balaban J connectivity index is 2.86. The number of anilines is 1. The fourth-order valence-corrected chi connectivity index (χ4v) is 2.29. The smallest absolute Gasteiger partial charge is 0.331 e. The third kappa shape index (κ3) is 8.25. The number of nitrogens with one attached hydrogen (secondary N) is 2. The molecule has 1 atom stereocenters. The predicted molar refractivity (Wildman–Crippen MR) is 104 cm³/mol. The van der Waals surface area contributed by atoms with Gasteiger partial charge in [0.2, 0.25) is 0 Å². The Morgan fingerprint density at radius 2 is 1.58 bits per heavy atom. The summed E-state index contributed by atoms with van der Waals surface area (Å²) in [6.07, 6.45) is 0. The van der Waals surface area contributed by atoms with Gasteiger partial charge in [0.15, 0.2) is 6.04 Å². The minimum Gasteiger partial charge on any atom is -0.458 e. The number of carbonyl (C=O) groups excluding carboxylic acids is 2. The molecule has 2 amide bonds. The van der Waals surface area contributed by atoms with Crippen molar-refractivity contribution in [1.29, 1.82) is 0 Å². The van der Waals surface area contributed by atoms with Gasteiger partial charge in [-0.05, 0) is 53.7 Å². The van der Waals surface area contributed by atoms with Crippen LogP contribution in [0, 0.1) is 0 Å². The molecule has 0 bridgehead atoms. The molecule has 0 saturated heterocycles. The van der Waals surface area contributed by atoms with Crippen molar-refractivity contribution in [3.05, 3.63) is 28.2 Å². The highest BCUT2D eigenvalue weighted by molar-refractivity contribution is 6.39. The molecule has 0 aliphatic rings. The summed E-state index contributed by atoms with van der Waals surface area (Å²) in [4.78, 5) is 24.7. The maximum Gasteiger partial charge on any atom is 0.331 e. The van der Waals surface area contributed by atoms with E-state index in [0.29, 0.717) is 0 Å². The van der Waals surface area contributed by atoms with Gasteiger partial charge in [0.1, 0.15) is 5.60 Å². The molecule has 0 aromatic heterocycles. The summed E-state index contributed by atoms with van der Waals surface area (Å²) < 4.78 is 11.0. The number of halogens is 2. The van der Waals surface area contributed by atoms with Crippen LogP contribution in [0.5, 0.6) is 0 Å². The molecule has 1 rings (SSSR count). The van der Waals surface area contributed by atoms with Crippen LogP contribution in [0.2, 0.25) is 10.0 Å². The zero-order valence-electron chi connectivity index (χ0n) is 15.9. The number of benzene rings is 1. The monoisotopic (exact) mass is 404 g/mol. The van der Waals surface area contributed by atoms with Crippen molar-refractivity contribution >= 4 is 40.9 Å². The largest absolute Gasteiger partial charge is 0.458 e. The lowest BCUT2D eigenvalue weighted by Gasteiger charge is -2.27. The number of hydrogen-bond acceptors (Lipinski definition) is 4. The fraction of sp³-hybridized carbons (Fsp3) is 0.556. The number of ether oxygens (including phenoxy) is 2. The molecule has 1 unspecified atom stereocenters. The van der Waals surface area contributed by atoms with E-state index < -0.39 is 29.2 Å². The van der Waals surface area contributed by atoms with Crippen molar-refractivity contribution in [2.24, 2.45) is 0 Å². The van der Waals surface area contributed by atoms with Crippen LogP contribution in [-0.2, 0) is 14.3 Å². The Bertz CT molecular complexity index is 631. The van der Waals surface area contributed by atoms with Crippen LogP contribution in [0.25, 0.3) is 0 Å². The Labute approximate surface area is 164 Å². The van der Waals surface area contributed by atoms with Gasteiger partial charge in [-0.2, -0.15) is 0 Å². The minimum atomic E-state index is -0.991. The number of hydrogen-bond donors (Lipinski definition) is 2. The molecule has 0 spiro atoms. The van der Waals surface area contributed by atoms with E-state index in [2.05, 4.69) is 10.6 Å². The third-order valence-corrected chi connectivity index (χ3v) is 3.51. The highest BCUT2D eigenvalue weighted by Crippen LogP contribution is 2.29. The van der Waals surface area contributed by atoms with Gasteiger partial charge in [-0.3, -0.25) is 0 Å². The first-order valence-corrected chi connectivity index (χ1v) is 8.92. The number of amides is 2. The Morgan fingerprint density at radius 3 is 2.04 bits per heavy atom. The average molecular weight is 405 g/mol. The molecule has 0 aliphatic carbocycles. The quantitative estimate of drug-likeness (QED) is 0.700. The van der Waals surface area contributed by atoms with E-state index >= 15 is 0 Å². The van der Waals surface area contributed by atoms with Gasteiger partial charge >= 0.3 is 12.0 Å². The van der Waals surface area contributed by atoms with Crippen LogP contribution < -0.4 is 10.6 Å². The first-order chi connectivity index (χ1) is 11.8. The fourth-order valence-electron chi connectivity index (χ4n) is 1.80. The van der Waals surface area contributed by atoms with Crippen LogP contribution in [0.4, 0.5) is 10.5 Å². The first kappa shape index (κ1) is 22.5. The summed E-state index contributed by atoms with van der Waals surface area (Å²) in [6, 6.07) is 3.21. The number of esters is 1. The van der Waals surface area contributed by atoms with Gasteiger partial charge in [-0.25, -0.2) is 9.59 Å². The normalized spacial score (nSPS) is 13.1. The van der Waals surface area contributed by atoms with Crippen molar-refractivity contribution in [2.75, 3.05) is 11.9 Å². The molecule has 1 aromatic rings. The Kier molecular flexibility index (Phi) is 7.74. The predicted octanol–water partition coefficient (Wildman–Crippen LogP) is 4.64. The zero-order valence-corrected chi connectivity index (χ0v) is 17.4. The van der Waals surface area contributed by atoms with Crippen molar-refractivity contribution < 1.29 is 19.1 Å². The second-order valence-electron chi connectivity index (χ2n) is 7.70. The average Bonchev–Trinajstić information content (AvgIpc) is 2.44. The molecule has 0 heterocycles. The Hall–Kier alpha value is -1.50. The maximum absolute atomic E-state index is 12.4. The van der Waals surface area contributed by atoms with E-state index in [-0.39, 0.29) is 22.3 Å². The highest BCUT2D eigenvalue weighted by atomic mass is 35.5. The number of rotatable bonds is 5. The Morgan fingerprint density at radius 1 is 1.04 bits per heavy atom.